The summed E-state index contributed by atoms with van der Waals surface area (Å²) in [6.07, 6.45) is 3.54. The van der Waals surface area contributed by atoms with Gasteiger partial charge in [-0.3, -0.25) is 9.69 Å². The number of rotatable bonds is 5. The number of para-hydroxylation sites is 1. The Kier molecular flexibility index (Phi) is 5.44. The molecule has 5 nitrogen and oxygen atoms in total. The summed E-state index contributed by atoms with van der Waals surface area (Å²) in [6, 6.07) is 20.9. The number of imide groups is 1. The lowest BCUT2D eigenvalue weighted by Gasteiger charge is -2.11. The molecule has 0 atom stereocenters. The number of fused-ring (bicyclic) bond motifs is 1. The van der Waals surface area contributed by atoms with Crippen LogP contribution in [-0.4, -0.2) is 21.4 Å². The molecule has 1 N–H and O–H groups in total. The summed E-state index contributed by atoms with van der Waals surface area (Å²) in [5.74, 6) is -0.674. The van der Waals surface area contributed by atoms with Crippen molar-refractivity contribution in [1.82, 2.24) is 14.8 Å². The van der Waals surface area contributed by atoms with Crippen LogP contribution >= 0.6 is 11.6 Å². The van der Waals surface area contributed by atoms with Crippen LogP contribution < -0.4 is 5.32 Å². The van der Waals surface area contributed by atoms with Crippen LogP contribution in [0.5, 0.6) is 0 Å². The smallest absolute Gasteiger partial charge is 0.329 e. The number of hydrogen-bond donors (Lipinski definition) is 1. The zero-order valence-corrected chi connectivity index (χ0v) is 18.2. The third-order valence-electron chi connectivity index (χ3n) is 5.63. The van der Waals surface area contributed by atoms with Gasteiger partial charge in [0, 0.05) is 33.2 Å². The van der Waals surface area contributed by atoms with Gasteiger partial charge in [-0.25, -0.2) is 9.18 Å². The fraction of sp³-hybridized carbons (Fsp3) is 0.0769. The Hall–Kier alpha value is -3.90. The first-order chi connectivity index (χ1) is 16.0. The van der Waals surface area contributed by atoms with Gasteiger partial charge in [-0.05, 0) is 35.9 Å². The van der Waals surface area contributed by atoms with Crippen molar-refractivity contribution in [2.45, 2.75) is 13.1 Å². The first-order valence-corrected chi connectivity index (χ1v) is 10.8. The number of amides is 3. The molecular formula is C26H19ClFN3O2. The number of carbonyl (C=O) groups excluding carboxylic acids is 2. The SMILES string of the molecule is O=C1N/C(=C\c2cn(Cc3ccccc3F)c3ccccc23)C(=O)N1Cc1ccc(Cl)cc1. The molecule has 4 aromatic rings. The summed E-state index contributed by atoms with van der Waals surface area (Å²) < 4.78 is 16.2. The largest absolute Gasteiger partial charge is 0.342 e. The summed E-state index contributed by atoms with van der Waals surface area (Å²) >= 11 is 5.92. The monoisotopic (exact) mass is 459 g/mol. The molecule has 0 saturated carbocycles. The Morgan fingerprint density at radius 1 is 0.909 bits per heavy atom. The summed E-state index contributed by atoms with van der Waals surface area (Å²) in [7, 11) is 0. The first kappa shape index (κ1) is 21.0. The van der Waals surface area contributed by atoms with Gasteiger partial charge in [0.05, 0.1) is 13.1 Å². The summed E-state index contributed by atoms with van der Waals surface area (Å²) in [5, 5.41) is 4.16. The van der Waals surface area contributed by atoms with E-state index < -0.39 is 11.9 Å². The zero-order chi connectivity index (χ0) is 22.9. The van der Waals surface area contributed by atoms with E-state index in [9.17, 15) is 14.0 Å². The van der Waals surface area contributed by atoms with Gasteiger partial charge >= 0.3 is 6.03 Å². The second kappa shape index (κ2) is 8.56. The van der Waals surface area contributed by atoms with Crippen molar-refractivity contribution >= 4 is 40.5 Å². The molecule has 1 aliphatic heterocycles. The van der Waals surface area contributed by atoms with Crippen LogP contribution in [0.1, 0.15) is 16.7 Å². The lowest BCUT2D eigenvalue weighted by atomic mass is 10.1. The molecular weight excluding hydrogens is 441 g/mol. The van der Waals surface area contributed by atoms with Crippen LogP contribution in [-0.2, 0) is 17.9 Å². The number of benzene rings is 3. The molecule has 33 heavy (non-hydrogen) atoms. The van der Waals surface area contributed by atoms with E-state index in [1.807, 2.05) is 35.0 Å². The molecule has 1 aromatic heterocycles. The molecule has 0 bridgehead atoms. The minimum atomic E-state index is -0.476. The number of nitrogens with one attached hydrogen (secondary N) is 1. The van der Waals surface area contributed by atoms with E-state index in [2.05, 4.69) is 5.32 Å². The molecule has 164 valence electrons. The topological polar surface area (TPSA) is 54.3 Å². The Morgan fingerprint density at radius 2 is 1.64 bits per heavy atom. The van der Waals surface area contributed by atoms with Gasteiger partial charge in [-0.1, -0.05) is 60.1 Å². The van der Waals surface area contributed by atoms with E-state index in [4.69, 9.17) is 11.6 Å². The highest BCUT2D eigenvalue weighted by Gasteiger charge is 2.33. The minimum absolute atomic E-state index is 0.147. The molecule has 3 aromatic carbocycles. The Morgan fingerprint density at radius 3 is 2.42 bits per heavy atom. The predicted octanol–water partition coefficient (Wildman–Crippen LogP) is 5.58. The lowest BCUT2D eigenvalue weighted by molar-refractivity contribution is -0.123. The van der Waals surface area contributed by atoms with Gasteiger partial charge in [0.2, 0.25) is 0 Å². The van der Waals surface area contributed by atoms with Crippen molar-refractivity contribution in [2.24, 2.45) is 0 Å². The van der Waals surface area contributed by atoms with Crippen molar-refractivity contribution in [3.8, 4) is 0 Å². The number of aromatic nitrogens is 1. The van der Waals surface area contributed by atoms with E-state index >= 15 is 0 Å². The number of halogens is 2. The van der Waals surface area contributed by atoms with E-state index in [1.54, 1.807) is 48.5 Å². The van der Waals surface area contributed by atoms with Gasteiger partial charge in [0.15, 0.2) is 0 Å². The van der Waals surface area contributed by atoms with Gasteiger partial charge in [-0.15, -0.1) is 0 Å². The number of urea groups is 1. The fourth-order valence-electron chi connectivity index (χ4n) is 3.97. The Labute approximate surface area is 194 Å². The van der Waals surface area contributed by atoms with Crippen LogP contribution in [0.4, 0.5) is 9.18 Å². The molecule has 7 heteroatoms. The van der Waals surface area contributed by atoms with E-state index in [-0.39, 0.29) is 18.1 Å². The lowest BCUT2D eigenvalue weighted by Crippen LogP contribution is -2.30. The van der Waals surface area contributed by atoms with Crippen molar-refractivity contribution in [3.05, 3.63) is 112 Å². The maximum Gasteiger partial charge on any atom is 0.329 e. The maximum absolute atomic E-state index is 14.2. The van der Waals surface area contributed by atoms with Gasteiger partial charge in [0.25, 0.3) is 5.91 Å². The highest BCUT2D eigenvalue weighted by Crippen LogP contribution is 2.26. The van der Waals surface area contributed by atoms with Crippen LogP contribution in [0.3, 0.4) is 0 Å². The average molecular weight is 460 g/mol. The van der Waals surface area contributed by atoms with Crippen LogP contribution in [0.15, 0.2) is 84.7 Å². The fourth-order valence-corrected chi connectivity index (χ4v) is 4.10. The predicted molar refractivity (Wildman–Crippen MR) is 126 cm³/mol. The third-order valence-corrected chi connectivity index (χ3v) is 5.89. The summed E-state index contributed by atoms with van der Waals surface area (Å²) in [4.78, 5) is 26.6. The summed E-state index contributed by atoms with van der Waals surface area (Å²) in [5.41, 5.74) is 3.23. The molecule has 3 amide bonds. The summed E-state index contributed by atoms with van der Waals surface area (Å²) in [6.45, 7) is 0.494. The van der Waals surface area contributed by atoms with Crippen molar-refractivity contribution in [1.29, 1.82) is 0 Å². The highest BCUT2D eigenvalue weighted by atomic mass is 35.5. The van der Waals surface area contributed by atoms with Crippen LogP contribution in [0, 0.1) is 5.82 Å². The molecule has 0 aliphatic carbocycles. The molecule has 2 heterocycles. The van der Waals surface area contributed by atoms with Gasteiger partial charge in [0.1, 0.15) is 11.5 Å². The molecule has 1 fully saturated rings. The number of carbonyl (C=O) groups is 2. The standard InChI is InChI=1S/C26H19ClFN3O2/c27-20-11-9-17(10-12-20)14-31-25(32)23(29-26(31)33)13-19-16-30(24-8-4-2-6-21(19)24)15-18-5-1-3-7-22(18)28/h1-13,16H,14-15H2,(H,29,33)/b23-13-. The average Bonchev–Trinajstić information content (AvgIpc) is 3.29. The van der Waals surface area contributed by atoms with Crippen molar-refractivity contribution < 1.29 is 14.0 Å². The molecule has 1 saturated heterocycles. The third kappa shape index (κ3) is 4.13. The van der Waals surface area contributed by atoms with Gasteiger partial charge in [-0.2, -0.15) is 0 Å². The van der Waals surface area contributed by atoms with Crippen molar-refractivity contribution in [3.63, 3.8) is 0 Å². The molecule has 0 spiro atoms. The van der Waals surface area contributed by atoms with Crippen LogP contribution in [0.2, 0.25) is 5.02 Å². The van der Waals surface area contributed by atoms with E-state index in [0.29, 0.717) is 17.1 Å². The van der Waals surface area contributed by atoms with Crippen LogP contribution in [0.25, 0.3) is 17.0 Å². The maximum atomic E-state index is 14.2. The molecule has 1 aliphatic rings. The van der Waals surface area contributed by atoms with E-state index in [1.165, 1.54) is 6.07 Å². The number of nitrogens with zero attached hydrogens (tertiary/aromatic N) is 2. The number of hydrogen-bond acceptors (Lipinski definition) is 2. The second-order valence-electron chi connectivity index (χ2n) is 7.83. The van der Waals surface area contributed by atoms with E-state index in [0.717, 1.165) is 26.9 Å². The Balaban J connectivity index is 1.46. The van der Waals surface area contributed by atoms with Gasteiger partial charge < -0.3 is 9.88 Å². The zero-order valence-electron chi connectivity index (χ0n) is 17.5. The van der Waals surface area contributed by atoms with Crippen molar-refractivity contribution in [2.75, 3.05) is 0 Å². The Bertz CT molecular complexity index is 1410. The normalized spacial score (nSPS) is 15.0. The second-order valence-corrected chi connectivity index (χ2v) is 8.26. The first-order valence-electron chi connectivity index (χ1n) is 10.4. The molecule has 0 unspecified atom stereocenters. The molecule has 5 rings (SSSR count). The highest BCUT2D eigenvalue weighted by molar-refractivity contribution is 6.30. The quantitative estimate of drug-likeness (QED) is 0.313. The minimum Gasteiger partial charge on any atom is -0.342 e. The molecule has 0 radical (unpaired) electrons.